The molecule has 0 heterocycles. The molecule has 3 N–H and O–H groups in total. The van der Waals surface area contributed by atoms with E-state index in [2.05, 4.69) is 17.5 Å². The van der Waals surface area contributed by atoms with Gasteiger partial charge in [-0.05, 0) is 18.1 Å². The summed E-state index contributed by atoms with van der Waals surface area (Å²) in [6.45, 7) is 3.19. The fraction of sp³-hybridized carbons (Fsp3) is 0.857. The summed E-state index contributed by atoms with van der Waals surface area (Å²) in [6.07, 6.45) is -3.89. The minimum Gasteiger partial charge on any atom is -0.376 e. The van der Waals surface area contributed by atoms with E-state index >= 15 is 0 Å². The third-order valence-corrected chi connectivity index (χ3v) is 1.98. The van der Waals surface area contributed by atoms with E-state index in [0.717, 1.165) is 0 Å². The van der Waals surface area contributed by atoms with Crippen molar-refractivity contribution in [3.05, 3.63) is 0 Å². The maximum absolute atomic E-state index is 12.3. The Kier molecular flexibility index (Phi) is 4.46. The van der Waals surface area contributed by atoms with Crippen molar-refractivity contribution in [1.29, 1.82) is 0 Å². The lowest BCUT2D eigenvalue weighted by atomic mass is 9.99. The number of nitrogens with two attached hydrogens (primary N) is 1. The van der Waals surface area contributed by atoms with Gasteiger partial charge in [0.05, 0.1) is 0 Å². The lowest BCUT2D eigenvalue weighted by molar-refractivity contribution is -0.162. The van der Waals surface area contributed by atoms with Gasteiger partial charge in [-0.25, -0.2) is 0 Å². The second kappa shape index (κ2) is 4.64. The molecular formula is C7H13F3N2S. The predicted octanol–water partition coefficient (Wildman–Crippen LogP) is 1.80. The molecule has 0 spiro atoms. The minimum atomic E-state index is -4.31. The highest BCUT2D eigenvalue weighted by Crippen LogP contribution is 2.26. The number of nitrogens with one attached hydrogen (secondary N) is 1. The van der Waals surface area contributed by atoms with E-state index in [-0.39, 0.29) is 5.11 Å². The van der Waals surface area contributed by atoms with Crippen LogP contribution in [0.15, 0.2) is 0 Å². The molecule has 0 aromatic heterocycles. The van der Waals surface area contributed by atoms with Crippen molar-refractivity contribution in [2.75, 3.05) is 0 Å². The smallest absolute Gasteiger partial charge is 0.376 e. The highest BCUT2D eigenvalue weighted by Gasteiger charge is 2.42. The first-order valence-electron chi connectivity index (χ1n) is 3.91. The molecule has 13 heavy (non-hydrogen) atoms. The van der Waals surface area contributed by atoms with Crippen LogP contribution in [-0.2, 0) is 0 Å². The topological polar surface area (TPSA) is 38.0 Å². The highest BCUT2D eigenvalue weighted by molar-refractivity contribution is 7.80. The third-order valence-electron chi connectivity index (χ3n) is 1.86. The van der Waals surface area contributed by atoms with E-state index in [1.54, 1.807) is 6.92 Å². The summed E-state index contributed by atoms with van der Waals surface area (Å²) in [5.41, 5.74) is 5.00. The lowest BCUT2D eigenvalue weighted by Crippen LogP contribution is -2.50. The Balaban J connectivity index is 4.46. The first-order chi connectivity index (χ1) is 5.79. The Morgan fingerprint density at radius 3 is 2.23 bits per heavy atom. The van der Waals surface area contributed by atoms with Crippen LogP contribution in [0.5, 0.6) is 0 Å². The number of rotatable bonds is 3. The molecule has 2 unspecified atom stereocenters. The van der Waals surface area contributed by atoms with E-state index in [9.17, 15) is 13.2 Å². The van der Waals surface area contributed by atoms with Gasteiger partial charge in [-0.15, -0.1) is 0 Å². The number of thiocarbonyl (C=S) groups is 1. The molecule has 0 fully saturated rings. The van der Waals surface area contributed by atoms with Crippen LogP contribution in [0, 0.1) is 5.92 Å². The first-order valence-corrected chi connectivity index (χ1v) is 4.32. The molecule has 0 amide bonds. The molecule has 0 saturated carbocycles. The molecule has 0 aliphatic carbocycles. The third kappa shape index (κ3) is 4.31. The molecule has 0 saturated heterocycles. The van der Waals surface area contributed by atoms with Crippen molar-refractivity contribution >= 4 is 17.3 Å². The van der Waals surface area contributed by atoms with E-state index in [1.165, 1.54) is 6.92 Å². The van der Waals surface area contributed by atoms with Crippen LogP contribution < -0.4 is 11.1 Å². The Morgan fingerprint density at radius 1 is 1.54 bits per heavy atom. The van der Waals surface area contributed by atoms with Crippen LogP contribution in [-0.4, -0.2) is 17.3 Å². The molecule has 0 aliphatic heterocycles. The zero-order chi connectivity index (χ0) is 10.6. The van der Waals surface area contributed by atoms with Crippen molar-refractivity contribution in [3.63, 3.8) is 0 Å². The SMILES string of the molecule is CCC(C)C(NC(N)=S)C(F)(F)F. The Bertz CT molecular complexity index is 181. The van der Waals surface area contributed by atoms with Crippen LogP contribution in [0.1, 0.15) is 20.3 Å². The Morgan fingerprint density at radius 2 is 2.00 bits per heavy atom. The summed E-state index contributed by atoms with van der Waals surface area (Å²) < 4.78 is 37.0. The van der Waals surface area contributed by atoms with Gasteiger partial charge in [-0.3, -0.25) is 0 Å². The standard InChI is InChI=1S/C7H13F3N2S/c1-3-4(2)5(7(8,9)10)12-6(11)13/h4-5H,3H2,1-2H3,(H3,11,12,13). The van der Waals surface area contributed by atoms with E-state index in [4.69, 9.17) is 5.73 Å². The van der Waals surface area contributed by atoms with Crippen molar-refractivity contribution < 1.29 is 13.2 Å². The molecule has 2 nitrogen and oxygen atoms in total. The zero-order valence-electron chi connectivity index (χ0n) is 7.48. The Hall–Kier alpha value is -0.520. The summed E-state index contributed by atoms with van der Waals surface area (Å²) >= 11 is 4.37. The molecule has 0 rings (SSSR count). The van der Waals surface area contributed by atoms with Gasteiger partial charge in [0, 0.05) is 0 Å². The van der Waals surface area contributed by atoms with Crippen molar-refractivity contribution in [2.24, 2.45) is 11.7 Å². The number of hydrogen-bond donors (Lipinski definition) is 2. The summed E-state index contributed by atoms with van der Waals surface area (Å²) in [4.78, 5) is 0. The molecule has 0 aliphatic rings. The number of alkyl halides is 3. The second-order valence-corrected chi connectivity index (χ2v) is 3.35. The second-order valence-electron chi connectivity index (χ2n) is 2.91. The van der Waals surface area contributed by atoms with E-state index < -0.39 is 18.1 Å². The van der Waals surface area contributed by atoms with Crippen LogP contribution in [0.4, 0.5) is 13.2 Å². The summed E-state index contributed by atoms with van der Waals surface area (Å²) in [7, 11) is 0. The van der Waals surface area contributed by atoms with Crippen LogP contribution in [0.25, 0.3) is 0 Å². The monoisotopic (exact) mass is 214 g/mol. The van der Waals surface area contributed by atoms with Crippen LogP contribution in [0.2, 0.25) is 0 Å². The van der Waals surface area contributed by atoms with Gasteiger partial charge in [0.15, 0.2) is 5.11 Å². The normalized spacial score (nSPS) is 16.4. The summed E-state index contributed by atoms with van der Waals surface area (Å²) in [5, 5.41) is 1.74. The van der Waals surface area contributed by atoms with Gasteiger partial charge < -0.3 is 11.1 Å². The van der Waals surface area contributed by atoms with E-state index in [0.29, 0.717) is 6.42 Å². The van der Waals surface area contributed by atoms with Gasteiger partial charge >= 0.3 is 6.18 Å². The molecule has 6 heteroatoms. The fourth-order valence-electron chi connectivity index (χ4n) is 0.936. The Labute approximate surface area is 80.7 Å². The van der Waals surface area contributed by atoms with Gasteiger partial charge in [0.25, 0.3) is 0 Å². The average molecular weight is 214 g/mol. The van der Waals surface area contributed by atoms with Gasteiger partial charge in [-0.2, -0.15) is 13.2 Å². The highest BCUT2D eigenvalue weighted by atomic mass is 32.1. The minimum absolute atomic E-state index is 0.317. The van der Waals surface area contributed by atoms with Crippen molar-refractivity contribution in [2.45, 2.75) is 32.5 Å². The summed E-state index contributed by atoms with van der Waals surface area (Å²) in [5.74, 6) is -0.540. The van der Waals surface area contributed by atoms with Gasteiger partial charge in [-0.1, -0.05) is 20.3 Å². The number of hydrogen-bond acceptors (Lipinski definition) is 1. The van der Waals surface area contributed by atoms with Crippen molar-refractivity contribution in [1.82, 2.24) is 5.32 Å². The largest absolute Gasteiger partial charge is 0.408 e. The van der Waals surface area contributed by atoms with Crippen LogP contribution in [0.3, 0.4) is 0 Å². The molecule has 2 atom stereocenters. The zero-order valence-corrected chi connectivity index (χ0v) is 8.30. The first kappa shape index (κ1) is 12.5. The maximum atomic E-state index is 12.3. The number of halogens is 3. The molecular weight excluding hydrogens is 201 g/mol. The maximum Gasteiger partial charge on any atom is 0.408 e. The van der Waals surface area contributed by atoms with Gasteiger partial charge in [0.2, 0.25) is 0 Å². The molecule has 0 bridgehead atoms. The van der Waals surface area contributed by atoms with Crippen molar-refractivity contribution in [3.8, 4) is 0 Å². The molecule has 0 aromatic carbocycles. The predicted molar refractivity (Wildman–Crippen MR) is 49.2 cm³/mol. The average Bonchev–Trinajstić information content (AvgIpc) is 1.96. The molecule has 0 radical (unpaired) electrons. The van der Waals surface area contributed by atoms with E-state index in [1.807, 2.05) is 0 Å². The van der Waals surface area contributed by atoms with Crippen LogP contribution >= 0.6 is 12.2 Å². The lowest BCUT2D eigenvalue weighted by Gasteiger charge is -2.26. The molecule has 0 aromatic rings. The van der Waals surface area contributed by atoms with Gasteiger partial charge in [0.1, 0.15) is 6.04 Å². The summed E-state index contributed by atoms with van der Waals surface area (Å²) in [6, 6.07) is -1.64. The quantitative estimate of drug-likeness (QED) is 0.703. The molecule has 78 valence electrons. The fourth-order valence-corrected chi connectivity index (χ4v) is 1.06.